The predicted octanol–water partition coefficient (Wildman–Crippen LogP) is 4.72. The third-order valence-electron chi connectivity index (χ3n) is 7.27. The summed E-state index contributed by atoms with van der Waals surface area (Å²) in [7, 11) is 0. The molecule has 0 atom stereocenters. The Labute approximate surface area is 190 Å². The topological polar surface area (TPSA) is 58.6 Å². The van der Waals surface area contributed by atoms with Crippen LogP contribution in [0.15, 0.2) is 6.07 Å². The van der Waals surface area contributed by atoms with Gasteiger partial charge in [0.15, 0.2) is 0 Å². The lowest BCUT2D eigenvalue weighted by Gasteiger charge is -2.45. The molecule has 5 nitrogen and oxygen atoms in total. The zero-order valence-electron chi connectivity index (χ0n) is 19.2. The van der Waals surface area contributed by atoms with E-state index in [1.165, 1.54) is 36.1 Å². The predicted molar refractivity (Wildman–Crippen MR) is 125 cm³/mol. The Balaban J connectivity index is 1.33. The van der Waals surface area contributed by atoms with Gasteiger partial charge < -0.3 is 15.0 Å². The Hall–Kier alpha value is -1.40. The molecule has 1 aliphatic heterocycles. The lowest BCUT2D eigenvalue weighted by Crippen LogP contribution is -2.55. The van der Waals surface area contributed by atoms with Crippen molar-refractivity contribution in [2.24, 2.45) is 5.41 Å². The average molecular weight is 447 g/mol. The number of piperidine rings is 1. The number of fused-ring (bicyclic) bond motifs is 1. The van der Waals surface area contributed by atoms with Gasteiger partial charge in [0.1, 0.15) is 0 Å². The van der Waals surface area contributed by atoms with Crippen molar-refractivity contribution in [2.45, 2.75) is 96.7 Å². The molecule has 3 aliphatic rings. The molecule has 2 aliphatic carbocycles. The van der Waals surface area contributed by atoms with Gasteiger partial charge in [-0.1, -0.05) is 19.3 Å². The molecule has 2 amide bonds. The fraction of sp³-hybridized carbons (Fsp3) is 0.760. The molecule has 0 bridgehead atoms. The van der Waals surface area contributed by atoms with Crippen molar-refractivity contribution < 1.29 is 14.3 Å². The van der Waals surface area contributed by atoms with Gasteiger partial charge in [0.05, 0.1) is 22.5 Å². The molecular weight excluding hydrogens is 408 g/mol. The SMILES string of the molecule is CC(C)OC1CCN(C(=O)C2(CNC(=O)c3cc4c(s3)CCCCCC4)CCC2)CC1. The minimum absolute atomic E-state index is 0.000126. The van der Waals surface area contributed by atoms with E-state index >= 15 is 0 Å². The summed E-state index contributed by atoms with van der Waals surface area (Å²) in [5.74, 6) is 0.236. The molecule has 6 heteroatoms. The molecule has 31 heavy (non-hydrogen) atoms. The van der Waals surface area contributed by atoms with Crippen LogP contribution in [0.1, 0.15) is 91.7 Å². The average Bonchev–Trinajstić information content (AvgIpc) is 3.09. The van der Waals surface area contributed by atoms with Crippen LogP contribution in [0, 0.1) is 5.41 Å². The third kappa shape index (κ3) is 5.33. The monoisotopic (exact) mass is 446 g/mol. The highest BCUT2D eigenvalue weighted by Gasteiger charge is 2.47. The van der Waals surface area contributed by atoms with Crippen LogP contribution in [-0.4, -0.2) is 48.6 Å². The molecule has 0 radical (unpaired) electrons. The quantitative estimate of drug-likeness (QED) is 0.688. The van der Waals surface area contributed by atoms with Crippen molar-refractivity contribution in [2.75, 3.05) is 19.6 Å². The van der Waals surface area contributed by atoms with E-state index in [0.717, 1.165) is 62.9 Å². The van der Waals surface area contributed by atoms with Gasteiger partial charge in [-0.2, -0.15) is 0 Å². The Morgan fingerprint density at radius 1 is 1.13 bits per heavy atom. The van der Waals surface area contributed by atoms with Crippen molar-refractivity contribution in [1.82, 2.24) is 10.2 Å². The van der Waals surface area contributed by atoms with E-state index < -0.39 is 5.41 Å². The standard InChI is InChI=1S/C25H38N2O3S/c1-18(2)30-20-10-14-27(15-11-20)24(29)25(12-7-13-25)17-26-23(28)22-16-19-8-5-3-4-6-9-21(19)31-22/h16,18,20H,3-15,17H2,1-2H3,(H,26,28). The van der Waals surface area contributed by atoms with Gasteiger partial charge in [0, 0.05) is 24.5 Å². The highest BCUT2D eigenvalue weighted by atomic mass is 32.1. The second-order valence-corrected chi connectivity index (χ2v) is 11.1. The van der Waals surface area contributed by atoms with Crippen molar-refractivity contribution in [3.8, 4) is 0 Å². The van der Waals surface area contributed by atoms with Crippen LogP contribution in [-0.2, 0) is 22.4 Å². The number of carbonyl (C=O) groups is 2. The second kappa shape index (κ2) is 10.0. The van der Waals surface area contributed by atoms with E-state index in [0.29, 0.717) is 6.54 Å². The highest BCUT2D eigenvalue weighted by Crippen LogP contribution is 2.42. The van der Waals surface area contributed by atoms with Gasteiger partial charge in [0.25, 0.3) is 5.91 Å². The minimum Gasteiger partial charge on any atom is -0.375 e. The van der Waals surface area contributed by atoms with Crippen molar-refractivity contribution in [3.05, 3.63) is 21.4 Å². The summed E-state index contributed by atoms with van der Waals surface area (Å²) in [5.41, 5.74) is 0.975. The summed E-state index contributed by atoms with van der Waals surface area (Å²) >= 11 is 1.66. The summed E-state index contributed by atoms with van der Waals surface area (Å²) in [6, 6.07) is 2.11. The fourth-order valence-electron chi connectivity index (χ4n) is 5.28. The van der Waals surface area contributed by atoms with Gasteiger partial charge in [0.2, 0.25) is 5.91 Å². The summed E-state index contributed by atoms with van der Waals surface area (Å²) < 4.78 is 5.93. The lowest BCUT2D eigenvalue weighted by atomic mass is 9.67. The Bertz CT molecular complexity index is 750. The number of thiophene rings is 1. The van der Waals surface area contributed by atoms with Crippen molar-refractivity contribution in [1.29, 1.82) is 0 Å². The number of nitrogens with zero attached hydrogens (tertiary/aromatic N) is 1. The molecular formula is C25H38N2O3S. The van der Waals surface area contributed by atoms with Crippen molar-refractivity contribution in [3.63, 3.8) is 0 Å². The molecule has 1 aromatic rings. The zero-order valence-corrected chi connectivity index (χ0v) is 20.0. The molecule has 0 unspecified atom stereocenters. The number of amides is 2. The maximum absolute atomic E-state index is 13.4. The first-order chi connectivity index (χ1) is 15.0. The van der Waals surface area contributed by atoms with Crippen LogP contribution in [0.2, 0.25) is 0 Å². The lowest BCUT2D eigenvalue weighted by molar-refractivity contribution is -0.150. The van der Waals surface area contributed by atoms with E-state index in [2.05, 4.69) is 25.2 Å². The van der Waals surface area contributed by atoms with E-state index in [4.69, 9.17) is 4.74 Å². The van der Waals surface area contributed by atoms with Crippen molar-refractivity contribution >= 4 is 23.2 Å². The first-order valence-corrected chi connectivity index (χ1v) is 13.1. The second-order valence-electron chi connectivity index (χ2n) is 9.97. The summed E-state index contributed by atoms with van der Waals surface area (Å²) in [6.07, 6.45) is 12.4. The number of ether oxygens (including phenoxy) is 1. The maximum Gasteiger partial charge on any atom is 0.261 e. The van der Waals surface area contributed by atoms with Crippen LogP contribution in [0.5, 0.6) is 0 Å². The van der Waals surface area contributed by atoms with E-state index in [-0.39, 0.29) is 24.0 Å². The molecule has 2 heterocycles. The summed E-state index contributed by atoms with van der Waals surface area (Å²) in [5, 5.41) is 3.14. The number of aryl methyl sites for hydroxylation is 2. The molecule has 172 valence electrons. The van der Waals surface area contributed by atoms with E-state index in [9.17, 15) is 9.59 Å². The minimum atomic E-state index is -0.396. The van der Waals surface area contributed by atoms with E-state index in [1.54, 1.807) is 11.3 Å². The summed E-state index contributed by atoms with van der Waals surface area (Å²) in [6.45, 7) is 6.14. The molecule has 1 N–H and O–H groups in total. The molecule has 1 saturated heterocycles. The maximum atomic E-state index is 13.4. The number of hydrogen-bond acceptors (Lipinski definition) is 4. The fourth-order valence-corrected chi connectivity index (χ4v) is 6.45. The first kappa shape index (κ1) is 22.8. The third-order valence-corrected chi connectivity index (χ3v) is 8.50. The molecule has 2 fully saturated rings. The number of carbonyl (C=O) groups excluding carboxylic acids is 2. The molecule has 0 aromatic carbocycles. The molecule has 0 spiro atoms. The van der Waals surface area contributed by atoms with Crippen LogP contribution < -0.4 is 5.32 Å². The van der Waals surface area contributed by atoms with Gasteiger partial charge in [-0.25, -0.2) is 0 Å². The Morgan fingerprint density at radius 3 is 2.48 bits per heavy atom. The van der Waals surface area contributed by atoms with Gasteiger partial charge in [-0.05, 0) is 76.8 Å². The highest BCUT2D eigenvalue weighted by molar-refractivity contribution is 7.14. The number of hydrogen-bond donors (Lipinski definition) is 1. The van der Waals surface area contributed by atoms with Gasteiger partial charge >= 0.3 is 0 Å². The number of likely N-dealkylation sites (tertiary alicyclic amines) is 1. The van der Waals surface area contributed by atoms with Crippen LogP contribution in [0.4, 0.5) is 0 Å². The number of rotatable bonds is 6. The van der Waals surface area contributed by atoms with Crippen LogP contribution >= 0.6 is 11.3 Å². The molecule has 1 saturated carbocycles. The first-order valence-electron chi connectivity index (χ1n) is 12.3. The smallest absolute Gasteiger partial charge is 0.261 e. The molecule has 4 rings (SSSR count). The van der Waals surface area contributed by atoms with Gasteiger partial charge in [-0.15, -0.1) is 11.3 Å². The Morgan fingerprint density at radius 2 is 1.84 bits per heavy atom. The largest absolute Gasteiger partial charge is 0.375 e. The van der Waals surface area contributed by atoms with Crippen LogP contribution in [0.25, 0.3) is 0 Å². The Kier molecular flexibility index (Phi) is 7.37. The van der Waals surface area contributed by atoms with Crippen LogP contribution in [0.3, 0.4) is 0 Å². The van der Waals surface area contributed by atoms with Gasteiger partial charge in [-0.3, -0.25) is 9.59 Å². The molecule has 1 aromatic heterocycles. The van der Waals surface area contributed by atoms with E-state index in [1.807, 2.05) is 4.90 Å². The number of nitrogens with one attached hydrogen (secondary N) is 1. The normalized spacial score (nSPS) is 21.7. The summed E-state index contributed by atoms with van der Waals surface area (Å²) in [4.78, 5) is 30.5. The zero-order chi connectivity index (χ0) is 21.8.